The Hall–Kier alpha value is -3.79. The summed E-state index contributed by atoms with van der Waals surface area (Å²) in [4.78, 5) is 20.2. The van der Waals surface area contributed by atoms with Crippen LogP contribution in [0.3, 0.4) is 0 Å². The summed E-state index contributed by atoms with van der Waals surface area (Å²) in [6.07, 6.45) is 0.553. The van der Waals surface area contributed by atoms with Crippen LogP contribution in [0, 0.1) is 11.6 Å². The largest absolute Gasteiger partial charge is 0.369 e. The van der Waals surface area contributed by atoms with Crippen molar-refractivity contribution in [3.8, 4) is 0 Å². The van der Waals surface area contributed by atoms with Gasteiger partial charge in [0, 0.05) is 30.9 Å². The van der Waals surface area contributed by atoms with Crippen molar-refractivity contribution < 1.29 is 30.8 Å². The van der Waals surface area contributed by atoms with E-state index in [2.05, 4.69) is 21.7 Å². The lowest BCUT2D eigenvalue weighted by atomic mass is 9.87. The van der Waals surface area contributed by atoms with Gasteiger partial charge >= 0.3 is 6.43 Å². The lowest BCUT2D eigenvalue weighted by molar-refractivity contribution is -0.126. The van der Waals surface area contributed by atoms with E-state index in [0.29, 0.717) is 31.2 Å². The lowest BCUT2D eigenvalue weighted by Crippen LogP contribution is -2.55. The van der Waals surface area contributed by atoms with Crippen LogP contribution in [-0.4, -0.2) is 77.6 Å². The molecule has 0 bridgehead atoms. The summed E-state index contributed by atoms with van der Waals surface area (Å²) in [6, 6.07) is 10.0. The van der Waals surface area contributed by atoms with Crippen LogP contribution in [0.5, 0.6) is 0 Å². The minimum absolute atomic E-state index is 0.00925. The van der Waals surface area contributed by atoms with E-state index in [1.165, 1.54) is 33.9 Å². The summed E-state index contributed by atoms with van der Waals surface area (Å²) >= 11 is 0. The van der Waals surface area contributed by atoms with Crippen LogP contribution < -0.4 is 16.8 Å². The number of benzene rings is 2. The van der Waals surface area contributed by atoms with Gasteiger partial charge in [0.15, 0.2) is 0 Å². The Morgan fingerprint density at radius 2 is 1.37 bits per heavy atom. The number of amides is 1. The number of hydrogen-bond acceptors (Lipinski definition) is 7. The average molecular weight is 684 g/mol. The number of rotatable bonds is 4. The molecule has 0 saturated heterocycles. The zero-order valence-corrected chi connectivity index (χ0v) is 27.1. The first kappa shape index (κ1) is 33.6. The minimum atomic E-state index is -3.20. The fourth-order valence-electron chi connectivity index (χ4n) is 7.08. The number of anilines is 1. The quantitative estimate of drug-likeness (QED) is 0.335. The fraction of sp³-hybridized carbons (Fsp3) is 0.433. The van der Waals surface area contributed by atoms with Crippen molar-refractivity contribution in [1.82, 2.24) is 8.61 Å². The van der Waals surface area contributed by atoms with Crippen molar-refractivity contribution in [1.29, 1.82) is 0 Å². The predicted molar refractivity (Wildman–Crippen MR) is 175 cm³/mol. The van der Waals surface area contributed by atoms with E-state index in [-0.39, 0.29) is 34.2 Å². The second kappa shape index (κ2) is 11.8. The molecule has 16 heteroatoms. The third kappa shape index (κ3) is 5.28. The number of carbonyl (C=O) groups is 1. The smallest absolute Gasteiger partial charge is 0.315 e. The zero-order chi connectivity index (χ0) is 33.8. The molecular weight excluding hydrogens is 647 g/mol. The first-order chi connectivity index (χ1) is 21.5. The van der Waals surface area contributed by atoms with Crippen LogP contribution in [0.4, 0.5) is 23.2 Å². The summed E-state index contributed by atoms with van der Waals surface area (Å²) < 4.78 is 82.8. The number of fused-ring (bicyclic) bond motifs is 2. The van der Waals surface area contributed by atoms with Gasteiger partial charge in [-0.3, -0.25) is 13.4 Å². The van der Waals surface area contributed by atoms with Crippen molar-refractivity contribution >= 4 is 54.7 Å². The van der Waals surface area contributed by atoms with Crippen molar-refractivity contribution in [2.24, 2.45) is 21.5 Å². The molecular formula is C30H37F4N7O3S2. The molecule has 10 nitrogen and oxygen atoms in total. The average Bonchev–Trinajstić information content (AvgIpc) is 3.63. The first-order valence-electron chi connectivity index (χ1n) is 14.5. The number of alkyl halides is 2. The minimum Gasteiger partial charge on any atom is -0.369 e. The number of nitrogens with zero attached hydrogens (tertiary/aromatic N) is 4. The number of nitrogens with two attached hydrogens (primary N) is 2. The molecule has 2 aromatic carbocycles. The van der Waals surface area contributed by atoms with Crippen molar-refractivity contribution in [2.45, 2.75) is 66.5 Å². The fourth-order valence-corrected chi connectivity index (χ4v) is 11.4. The molecule has 6 rings (SSSR count). The molecule has 2 aliphatic heterocycles. The molecule has 250 valence electrons. The molecule has 2 heterocycles. The van der Waals surface area contributed by atoms with Gasteiger partial charge in [-0.25, -0.2) is 27.2 Å². The molecule has 0 aromatic heterocycles. The van der Waals surface area contributed by atoms with Gasteiger partial charge in [-0.1, -0.05) is 18.2 Å². The molecule has 2 saturated carbocycles. The number of hydrogen-bond donors (Lipinski definition) is 3. The van der Waals surface area contributed by atoms with Crippen LogP contribution in [0.1, 0.15) is 49.7 Å². The molecule has 6 unspecified atom stereocenters. The highest BCUT2D eigenvalue weighted by Gasteiger charge is 2.55. The van der Waals surface area contributed by atoms with Crippen LogP contribution in [-0.2, 0) is 35.3 Å². The Labute approximate surface area is 266 Å². The molecule has 2 aromatic rings. The van der Waals surface area contributed by atoms with E-state index in [1.54, 1.807) is 25.2 Å². The Kier molecular flexibility index (Phi) is 8.60. The number of aliphatic imine (C=N–C) groups is 2. The van der Waals surface area contributed by atoms with Gasteiger partial charge in [0.2, 0.25) is 11.9 Å². The molecule has 2 fully saturated rings. The summed E-state index contributed by atoms with van der Waals surface area (Å²) in [5, 5.41) is 1.15. The van der Waals surface area contributed by atoms with Gasteiger partial charge in [-0.2, -0.15) is 8.78 Å². The lowest BCUT2D eigenvalue weighted by Gasteiger charge is -2.42. The monoisotopic (exact) mass is 683 g/mol. The molecule has 0 radical (unpaired) electrons. The van der Waals surface area contributed by atoms with E-state index in [0.717, 1.165) is 18.9 Å². The molecule has 5 N–H and O–H groups in total. The Morgan fingerprint density at radius 3 is 1.87 bits per heavy atom. The summed E-state index contributed by atoms with van der Waals surface area (Å²) in [7, 11) is -2.30. The molecule has 4 aliphatic rings. The van der Waals surface area contributed by atoms with Gasteiger partial charge < -0.3 is 16.8 Å². The molecule has 0 spiro atoms. The van der Waals surface area contributed by atoms with Gasteiger partial charge in [0.05, 0.1) is 29.9 Å². The predicted octanol–water partition coefficient (Wildman–Crippen LogP) is 3.13. The zero-order valence-electron chi connectivity index (χ0n) is 25.4. The molecule has 46 heavy (non-hydrogen) atoms. The Morgan fingerprint density at radius 1 is 0.891 bits per heavy atom. The summed E-state index contributed by atoms with van der Waals surface area (Å²) in [5.41, 5.74) is 10.3. The maximum absolute atomic E-state index is 14.7. The standard InChI is InChI=1S/C16H19F3N4O2S.C14H18FN3OS/c1-23-15(20)22-16(7-3-4-12(16)26(23,2)25)10-8-9(5-6-11(10)17)21-14(24)13(18)19;1-18-13(16)17-14(10-6-3-4-7-11(10)15)9-5-8-12(14)20(18,2)19/h5-6,8,12-13H,2-4,7H2,1H3,(H2,20,22)(H,21,24);3-4,6-7,12H,2,5,8-9H2,1H3,(H2,16,17). The molecule has 1 amide bonds. The maximum Gasteiger partial charge on any atom is 0.315 e. The van der Waals surface area contributed by atoms with Crippen LogP contribution in [0.15, 0.2) is 52.4 Å². The van der Waals surface area contributed by atoms with Crippen LogP contribution in [0.25, 0.3) is 0 Å². The van der Waals surface area contributed by atoms with Crippen molar-refractivity contribution in [3.63, 3.8) is 0 Å². The van der Waals surface area contributed by atoms with Gasteiger partial charge in [0.25, 0.3) is 5.91 Å². The molecule has 2 aliphatic carbocycles. The van der Waals surface area contributed by atoms with E-state index in [4.69, 9.17) is 11.5 Å². The SMILES string of the molecule is C=S1(=O)C2CCCC2(c2cc(NC(=O)C(F)F)ccc2F)N=C(N)N1C.C=S1(=O)C2CCCC2(c2ccccc2F)N=C(N)N1C. The third-order valence-corrected chi connectivity index (χ3v) is 14.7. The number of guanidine groups is 2. The third-order valence-electron chi connectivity index (χ3n) is 9.44. The normalized spacial score (nSPS) is 33.4. The topological polar surface area (TPSA) is 146 Å². The highest BCUT2D eigenvalue weighted by Crippen LogP contribution is 2.51. The van der Waals surface area contributed by atoms with Crippen LogP contribution in [0.2, 0.25) is 0 Å². The van der Waals surface area contributed by atoms with E-state index in [1.807, 2.05) is 5.32 Å². The van der Waals surface area contributed by atoms with E-state index < -0.39 is 53.9 Å². The van der Waals surface area contributed by atoms with Crippen molar-refractivity contribution in [2.75, 3.05) is 19.4 Å². The van der Waals surface area contributed by atoms with Crippen LogP contribution >= 0.6 is 0 Å². The second-order valence-corrected chi connectivity index (χ2v) is 16.9. The number of nitrogens with one attached hydrogen (secondary N) is 1. The Bertz CT molecular complexity index is 1840. The van der Waals surface area contributed by atoms with E-state index in [9.17, 15) is 30.8 Å². The first-order valence-corrected chi connectivity index (χ1v) is 18.0. The summed E-state index contributed by atoms with van der Waals surface area (Å²) in [5.74, 6) is 5.37. The maximum atomic E-state index is 14.7. The van der Waals surface area contributed by atoms with E-state index >= 15 is 0 Å². The number of halogens is 4. The van der Waals surface area contributed by atoms with Gasteiger partial charge in [-0.15, -0.1) is 0 Å². The number of carbonyl (C=O) groups excluding carboxylic acids is 1. The van der Waals surface area contributed by atoms with Crippen molar-refractivity contribution in [3.05, 3.63) is 65.2 Å². The Balaban J connectivity index is 0.000000187. The highest BCUT2D eigenvalue weighted by molar-refractivity contribution is 7.99. The van der Waals surface area contributed by atoms with Gasteiger partial charge in [-0.05, 0) is 74.5 Å². The molecule has 6 atom stereocenters. The second-order valence-electron chi connectivity index (χ2n) is 11.9. The highest BCUT2D eigenvalue weighted by atomic mass is 32.2. The summed E-state index contributed by atoms with van der Waals surface area (Å²) in [6.45, 7) is 0. The van der Waals surface area contributed by atoms with Gasteiger partial charge in [0.1, 0.15) is 22.7 Å².